The topological polar surface area (TPSA) is 77.1 Å². The van der Waals surface area contributed by atoms with Crippen molar-refractivity contribution in [2.45, 2.75) is 6.18 Å². The van der Waals surface area contributed by atoms with Gasteiger partial charge in [0.15, 0.2) is 11.5 Å². The Balaban J connectivity index is 2.06. The van der Waals surface area contributed by atoms with Crippen molar-refractivity contribution in [3.8, 4) is 17.2 Å². The zero-order chi connectivity index (χ0) is 24.8. The minimum Gasteiger partial charge on any atom is -0.493 e. The molecule has 11 heteroatoms. The third kappa shape index (κ3) is 6.79. The molecule has 178 valence electrons. The van der Waals surface area contributed by atoms with Gasteiger partial charge in [-0.25, -0.2) is 0 Å². The number of nitrogens with zero attached hydrogens (tertiary/aromatic N) is 1. The molecule has 2 rings (SSSR count). The lowest BCUT2D eigenvalue weighted by molar-refractivity contribution is -0.137. The summed E-state index contributed by atoms with van der Waals surface area (Å²) >= 11 is 5.57. The van der Waals surface area contributed by atoms with Gasteiger partial charge in [-0.15, -0.1) is 0 Å². The van der Waals surface area contributed by atoms with Crippen LogP contribution in [0.2, 0.25) is 5.02 Å². The molecule has 0 aromatic heterocycles. The van der Waals surface area contributed by atoms with Crippen molar-refractivity contribution in [1.82, 2.24) is 4.90 Å². The van der Waals surface area contributed by atoms with Crippen LogP contribution in [0.4, 0.5) is 18.9 Å². The molecule has 0 fully saturated rings. The highest BCUT2D eigenvalue weighted by molar-refractivity contribution is 6.31. The van der Waals surface area contributed by atoms with E-state index in [1.165, 1.54) is 46.6 Å². The highest BCUT2D eigenvalue weighted by Gasteiger charge is 2.33. The van der Waals surface area contributed by atoms with Crippen LogP contribution in [0.15, 0.2) is 36.4 Å². The third-order valence-corrected chi connectivity index (χ3v) is 4.75. The van der Waals surface area contributed by atoms with Gasteiger partial charge in [0.05, 0.1) is 38.5 Å². The number of hydrogen-bond donors (Lipinski definition) is 1. The van der Waals surface area contributed by atoms with Gasteiger partial charge < -0.3 is 24.4 Å². The SMILES string of the molecule is COc1cc(/C=C/C(=O)N(C)CC(=O)Nc2ccc(Cl)c(C(F)(F)F)c2)cc(OC)c1OC. The van der Waals surface area contributed by atoms with Gasteiger partial charge in [0, 0.05) is 18.8 Å². The quantitative estimate of drug-likeness (QED) is 0.556. The number of methoxy groups -OCH3 is 3. The number of amides is 2. The number of hydrogen-bond acceptors (Lipinski definition) is 5. The number of carbonyl (C=O) groups excluding carboxylic acids is 2. The zero-order valence-corrected chi connectivity index (χ0v) is 19.0. The van der Waals surface area contributed by atoms with Crippen LogP contribution >= 0.6 is 11.6 Å². The van der Waals surface area contributed by atoms with Gasteiger partial charge in [0.2, 0.25) is 17.6 Å². The fourth-order valence-electron chi connectivity index (χ4n) is 2.81. The molecule has 0 spiro atoms. The van der Waals surface area contributed by atoms with Crippen molar-refractivity contribution in [2.75, 3.05) is 40.2 Å². The van der Waals surface area contributed by atoms with E-state index >= 15 is 0 Å². The number of halogens is 4. The van der Waals surface area contributed by atoms with Gasteiger partial charge in [-0.05, 0) is 42.0 Å². The van der Waals surface area contributed by atoms with Crippen LogP contribution in [-0.2, 0) is 15.8 Å². The molecule has 0 aliphatic rings. The maximum atomic E-state index is 13.0. The number of alkyl halides is 3. The molecule has 0 aliphatic heterocycles. The van der Waals surface area contributed by atoms with Crippen molar-refractivity contribution in [2.24, 2.45) is 0 Å². The van der Waals surface area contributed by atoms with E-state index in [1.807, 2.05) is 0 Å². The van der Waals surface area contributed by atoms with E-state index < -0.39 is 28.6 Å². The Morgan fingerprint density at radius 3 is 2.18 bits per heavy atom. The van der Waals surface area contributed by atoms with Crippen LogP contribution in [-0.4, -0.2) is 51.6 Å². The first-order valence-electron chi connectivity index (χ1n) is 9.40. The number of carbonyl (C=O) groups is 2. The molecular weight excluding hydrogens is 465 g/mol. The predicted molar refractivity (Wildman–Crippen MR) is 118 cm³/mol. The Labute approximate surface area is 193 Å². The third-order valence-electron chi connectivity index (χ3n) is 4.42. The molecule has 7 nitrogen and oxygen atoms in total. The maximum absolute atomic E-state index is 13.0. The summed E-state index contributed by atoms with van der Waals surface area (Å²) in [6, 6.07) is 6.27. The summed E-state index contributed by atoms with van der Waals surface area (Å²) in [5, 5.41) is 1.84. The highest BCUT2D eigenvalue weighted by atomic mass is 35.5. The molecule has 2 amide bonds. The van der Waals surface area contributed by atoms with Crippen LogP contribution in [0.25, 0.3) is 6.08 Å². The lowest BCUT2D eigenvalue weighted by Gasteiger charge is -2.16. The Kier molecular flexibility index (Phi) is 8.58. The number of likely N-dealkylation sites (N-methyl/N-ethyl adjacent to an activating group) is 1. The number of rotatable bonds is 8. The Morgan fingerprint density at radius 2 is 1.67 bits per heavy atom. The minimum absolute atomic E-state index is 0.0921. The summed E-state index contributed by atoms with van der Waals surface area (Å²) in [6.07, 6.45) is -1.93. The lowest BCUT2D eigenvalue weighted by atomic mass is 10.1. The molecule has 0 aliphatic carbocycles. The molecule has 0 bridgehead atoms. The van der Waals surface area contributed by atoms with Crippen LogP contribution in [0, 0.1) is 0 Å². The predicted octanol–water partition coefficient (Wildman–Crippen LogP) is 4.49. The van der Waals surface area contributed by atoms with Gasteiger partial charge in [-0.1, -0.05) is 11.6 Å². The smallest absolute Gasteiger partial charge is 0.417 e. The minimum atomic E-state index is -4.66. The van der Waals surface area contributed by atoms with Gasteiger partial charge in [0.25, 0.3) is 0 Å². The molecule has 1 N–H and O–H groups in total. The largest absolute Gasteiger partial charge is 0.493 e. The van der Waals surface area contributed by atoms with E-state index in [9.17, 15) is 22.8 Å². The van der Waals surface area contributed by atoms with Gasteiger partial charge in [0.1, 0.15) is 0 Å². The summed E-state index contributed by atoms with van der Waals surface area (Å²) in [7, 11) is 5.76. The average Bonchev–Trinajstić information content (AvgIpc) is 2.76. The second kappa shape index (κ2) is 11.0. The van der Waals surface area contributed by atoms with E-state index in [0.717, 1.165) is 17.0 Å². The van der Waals surface area contributed by atoms with Crippen molar-refractivity contribution >= 4 is 35.2 Å². The first kappa shape index (κ1) is 25.9. The second-order valence-electron chi connectivity index (χ2n) is 6.73. The molecular formula is C22H22ClF3N2O5. The summed E-state index contributed by atoms with van der Waals surface area (Å²) in [5.74, 6) is 0.0114. The number of anilines is 1. The number of benzene rings is 2. The van der Waals surface area contributed by atoms with Gasteiger partial charge in [-0.2, -0.15) is 13.2 Å². The first-order valence-corrected chi connectivity index (χ1v) is 9.77. The normalized spacial score (nSPS) is 11.3. The van der Waals surface area contributed by atoms with E-state index in [4.69, 9.17) is 25.8 Å². The van der Waals surface area contributed by atoms with Crippen molar-refractivity contribution in [3.63, 3.8) is 0 Å². The van der Waals surface area contributed by atoms with Crippen molar-refractivity contribution in [1.29, 1.82) is 0 Å². The van der Waals surface area contributed by atoms with E-state index in [1.54, 1.807) is 12.1 Å². The van der Waals surface area contributed by atoms with E-state index in [-0.39, 0.29) is 12.2 Å². The first-order chi connectivity index (χ1) is 15.5. The van der Waals surface area contributed by atoms with Gasteiger partial charge >= 0.3 is 6.18 Å². The number of nitrogens with one attached hydrogen (secondary N) is 1. The molecule has 2 aromatic rings. The molecule has 0 atom stereocenters. The lowest BCUT2D eigenvalue weighted by Crippen LogP contribution is -2.33. The highest BCUT2D eigenvalue weighted by Crippen LogP contribution is 2.38. The zero-order valence-electron chi connectivity index (χ0n) is 18.2. The summed E-state index contributed by atoms with van der Waals surface area (Å²) in [4.78, 5) is 25.7. The van der Waals surface area contributed by atoms with Crippen LogP contribution in [0.5, 0.6) is 17.2 Å². The summed E-state index contributed by atoms with van der Waals surface area (Å²) in [6.45, 7) is -0.387. The molecule has 0 heterocycles. The van der Waals surface area contributed by atoms with Crippen molar-refractivity contribution in [3.05, 3.63) is 52.6 Å². The fraction of sp³-hybridized carbons (Fsp3) is 0.273. The molecule has 0 unspecified atom stereocenters. The van der Waals surface area contributed by atoms with E-state index in [0.29, 0.717) is 22.8 Å². The van der Waals surface area contributed by atoms with Gasteiger partial charge in [-0.3, -0.25) is 9.59 Å². The molecule has 0 saturated heterocycles. The van der Waals surface area contributed by atoms with Crippen LogP contribution in [0.1, 0.15) is 11.1 Å². The van der Waals surface area contributed by atoms with Crippen LogP contribution in [0.3, 0.4) is 0 Å². The molecule has 0 saturated carbocycles. The summed E-state index contributed by atoms with van der Waals surface area (Å²) < 4.78 is 54.6. The van der Waals surface area contributed by atoms with Crippen LogP contribution < -0.4 is 19.5 Å². The van der Waals surface area contributed by atoms with E-state index in [2.05, 4.69) is 5.32 Å². The average molecular weight is 487 g/mol. The molecule has 33 heavy (non-hydrogen) atoms. The summed E-state index contributed by atoms with van der Waals surface area (Å²) in [5.41, 5.74) is -0.582. The molecule has 2 aromatic carbocycles. The molecule has 0 radical (unpaired) electrons. The standard InChI is InChI=1S/C22H22ClF3N2O5/c1-28(12-19(29)27-14-6-7-16(23)15(11-14)22(24,25)26)20(30)8-5-13-9-17(31-2)21(33-4)18(10-13)32-3/h5-11H,12H2,1-4H3,(H,27,29)/b8-5+. The fourth-order valence-corrected chi connectivity index (χ4v) is 3.03. The monoisotopic (exact) mass is 486 g/mol. The Bertz CT molecular complexity index is 1030. The Morgan fingerprint density at radius 1 is 1.06 bits per heavy atom. The second-order valence-corrected chi connectivity index (χ2v) is 7.13. The maximum Gasteiger partial charge on any atom is 0.417 e. The van der Waals surface area contributed by atoms with Crippen molar-refractivity contribution < 1.29 is 37.0 Å². The number of ether oxygens (including phenoxy) is 3. The Hall–Kier alpha value is -3.40.